The van der Waals surface area contributed by atoms with Crippen LogP contribution >= 0.6 is 0 Å². The van der Waals surface area contributed by atoms with E-state index in [0.29, 0.717) is 25.3 Å². The van der Waals surface area contributed by atoms with Crippen molar-refractivity contribution in [3.63, 3.8) is 0 Å². The largest absolute Gasteiger partial charge is 0.389 e. The second-order valence-corrected chi connectivity index (χ2v) is 5.41. The normalized spacial score (nSPS) is 24.2. The van der Waals surface area contributed by atoms with Crippen molar-refractivity contribution >= 4 is 5.91 Å². The molecule has 1 aliphatic carbocycles. The van der Waals surface area contributed by atoms with Crippen molar-refractivity contribution in [1.29, 1.82) is 0 Å². The number of unbranched alkanes of at least 4 members (excludes halogenated alkanes) is 1. The summed E-state index contributed by atoms with van der Waals surface area (Å²) in [6.07, 6.45) is -0.0680. The molecule has 6 heteroatoms. The first-order chi connectivity index (χ1) is 8.87. The molecule has 0 aromatic carbocycles. The van der Waals surface area contributed by atoms with E-state index in [1.807, 2.05) is 0 Å². The van der Waals surface area contributed by atoms with Crippen molar-refractivity contribution in [3.05, 3.63) is 0 Å². The Bertz CT molecular complexity index is 274. The second-order valence-electron chi connectivity index (χ2n) is 5.41. The molecule has 1 saturated carbocycles. The molecule has 1 aliphatic rings. The zero-order valence-electron chi connectivity index (χ0n) is 11.1. The summed E-state index contributed by atoms with van der Waals surface area (Å²) < 4.78 is 35.7. The molecule has 3 nitrogen and oxygen atoms in total. The third kappa shape index (κ3) is 8.08. The maximum Gasteiger partial charge on any atom is 0.389 e. The lowest BCUT2D eigenvalue weighted by molar-refractivity contribution is -0.135. The highest BCUT2D eigenvalue weighted by Gasteiger charge is 2.26. The fourth-order valence-electron chi connectivity index (χ4n) is 2.40. The molecule has 1 rings (SSSR count). The molecule has 0 atom stereocenters. The van der Waals surface area contributed by atoms with Crippen molar-refractivity contribution in [2.75, 3.05) is 6.54 Å². The summed E-state index contributed by atoms with van der Waals surface area (Å²) in [5.41, 5.74) is 5.78. The van der Waals surface area contributed by atoms with E-state index in [9.17, 15) is 18.0 Å². The summed E-state index contributed by atoms with van der Waals surface area (Å²) in [5, 5.41) is 2.69. The second kappa shape index (κ2) is 7.72. The zero-order valence-corrected chi connectivity index (χ0v) is 11.1. The van der Waals surface area contributed by atoms with Gasteiger partial charge in [-0.05, 0) is 44.4 Å². The third-order valence-electron chi connectivity index (χ3n) is 3.57. The minimum atomic E-state index is -4.09. The lowest BCUT2D eigenvalue weighted by Crippen LogP contribution is -2.31. The van der Waals surface area contributed by atoms with Crippen LogP contribution in [0.25, 0.3) is 0 Å². The molecule has 0 saturated heterocycles. The standard InChI is InChI=1S/C13H23F3N2O/c14-13(15,16)7-1-2-8-18-12(19)9-10-3-5-11(17)6-4-10/h10-11H,1-9,17H2,(H,18,19). The van der Waals surface area contributed by atoms with E-state index in [1.54, 1.807) is 0 Å². The Morgan fingerprint density at radius 3 is 2.37 bits per heavy atom. The average molecular weight is 280 g/mol. The maximum atomic E-state index is 11.9. The van der Waals surface area contributed by atoms with E-state index in [4.69, 9.17) is 5.73 Å². The predicted molar refractivity (Wildman–Crippen MR) is 67.5 cm³/mol. The molecule has 0 bridgehead atoms. The number of alkyl halides is 3. The van der Waals surface area contributed by atoms with Gasteiger partial charge in [0.1, 0.15) is 0 Å². The average Bonchev–Trinajstić information content (AvgIpc) is 2.30. The molecule has 112 valence electrons. The number of nitrogens with two attached hydrogens (primary N) is 1. The van der Waals surface area contributed by atoms with Crippen LogP contribution in [0, 0.1) is 5.92 Å². The van der Waals surface area contributed by atoms with Crippen LogP contribution in [0.3, 0.4) is 0 Å². The maximum absolute atomic E-state index is 11.9. The van der Waals surface area contributed by atoms with Crippen molar-refractivity contribution in [1.82, 2.24) is 5.32 Å². The highest BCUT2D eigenvalue weighted by molar-refractivity contribution is 5.76. The van der Waals surface area contributed by atoms with Crippen LogP contribution < -0.4 is 11.1 Å². The smallest absolute Gasteiger partial charge is 0.356 e. The molecule has 0 aliphatic heterocycles. The zero-order chi connectivity index (χ0) is 14.3. The van der Waals surface area contributed by atoms with E-state index in [0.717, 1.165) is 25.7 Å². The van der Waals surface area contributed by atoms with Crippen LogP contribution in [0.15, 0.2) is 0 Å². The van der Waals surface area contributed by atoms with E-state index < -0.39 is 12.6 Å². The molecular weight excluding hydrogens is 257 g/mol. The highest BCUT2D eigenvalue weighted by Crippen LogP contribution is 2.25. The third-order valence-corrected chi connectivity index (χ3v) is 3.57. The highest BCUT2D eigenvalue weighted by atomic mass is 19.4. The minimum absolute atomic E-state index is 0.0486. The first-order valence-corrected chi connectivity index (χ1v) is 6.96. The number of hydrogen-bond acceptors (Lipinski definition) is 2. The van der Waals surface area contributed by atoms with Gasteiger partial charge in [-0.3, -0.25) is 4.79 Å². The van der Waals surface area contributed by atoms with Gasteiger partial charge >= 0.3 is 6.18 Å². The fraction of sp³-hybridized carbons (Fsp3) is 0.923. The van der Waals surface area contributed by atoms with Crippen LogP contribution in [0.5, 0.6) is 0 Å². The van der Waals surface area contributed by atoms with Gasteiger partial charge in [-0.1, -0.05) is 0 Å². The van der Waals surface area contributed by atoms with Crippen LogP contribution in [0.4, 0.5) is 13.2 Å². The molecule has 0 spiro atoms. The van der Waals surface area contributed by atoms with Crippen molar-refractivity contribution < 1.29 is 18.0 Å². The molecule has 0 heterocycles. The van der Waals surface area contributed by atoms with Crippen molar-refractivity contribution in [3.8, 4) is 0 Å². The number of carbonyl (C=O) groups is 1. The lowest BCUT2D eigenvalue weighted by atomic mass is 9.84. The first-order valence-electron chi connectivity index (χ1n) is 6.96. The lowest BCUT2D eigenvalue weighted by Gasteiger charge is -2.25. The number of rotatable bonds is 6. The van der Waals surface area contributed by atoms with Crippen LogP contribution in [-0.2, 0) is 4.79 Å². The number of hydrogen-bond donors (Lipinski definition) is 2. The molecule has 1 amide bonds. The summed E-state index contributed by atoms with van der Waals surface area (Å²) in [7, 11) is 0. The van der Waals surface area contributed by atoms with E-state index in [1.165, 1.54) is 0 Å². The molecule has 0 unspecified atom stereocenters. The Hall–Kier alpha value is -0.780. The Morgan fingerprint density at radius 1 is 1.16 bits per heavy atom. The van der Waals surface area contributed by atoms with Gasteiger partial charge in [0, 0.05) is 25.4 Å². The van der Waals surface area contributed by atoms with Gasteiger partial charge in [0.2, 0.25) is 5.91 Å². The van der Waals surface area contributed by atoms with Gasteiger partial charge < -0.3 is 11.1 Å². The van der Waals surface area contributed by atoms with Gasteiger partial charge in [-0.15, -0.1) is 0 Å². The monoisotopic (exact) mass is 280 g/mol. The number of amides is 1. The van der Waals surface area contributed by atoms with E-state index >= 15 is 0 Å². The van der Waals surface area contributed by atoms with Crippen molar-refractivity contribution in [2.45, 2.75) is 63.6 Å². The van der Waals surface area contributed by atoms with Gasteiger partial charge in [-0.2, -0.15) is 13.2 Å². The Balaban J connectivity index is 2.02. The molecular formula is C13H23F3N2O. The minimum Gasteiger partial charge on any atom is -0.356 e. The van der Waals surface area contributed by atoms with E-state index in [2.05, 4.69) is 5.32 Å². The Kier molecular flexibility index (Phi) is 6.62. The molecule has 19 heavy (non-hydrogen) atoms. The fourth-order valence-corrected chi connectivity index (χ4v) is 2.40. The summed E-state index contributed by atoms with van der Waals surface area (Å²) in [5.74, 6) is 0.336. The number of halogens is 3. The molecule has 0 aromatic rings. The number of nitrogens with one attached hydrogen (secondary N) is 1. The summed E-state index contributed by atoms with van der Waals surface area (Å²) in [6, 6.07) is 0.265. The SMILES string of the molecule is NC1CCC(CC(=O)NCCCCC(F)(F)F)CC1. The van der Waals surface area contributed by atoms with Crippen LogP contribution in [0.2, 0.25) is 0 Å². The quantitative estimate of drug-likeness (QED) is 0.735. The van der Waals surface area contributed by atoms with Crippen LogP contribution in [-0.4, -0.2) is 24.7 Å². The molecule has 1 fully saturated rings. The molecule has 3 N–H and O–H groups in total. The summed E-state index contributed by atoms with van der Waals surface area (Å²) in [4.78, 5) is 11.6. The Labute approximate surface area is 112 Å². The predicted octanol–water partition coefficient (Wildman–Crippen LogP) is 2.74. The van der Waals surface area contributed by atoms with Crippen molar-refractivity contribution in [2.24, 2.45) is 11.7 Å². The molecule has 0 aromatic heterocycles. The molecule has 0 radical (unpaired) electrons. The summed E-state index contributed by atoms with van der Waals surface area (Å²) in [6.45, 7) is 0.334. The first kappa shape index (κ1) is 16.3. The van der Waals surface area contributed by atoms with Gasteiger partial charge in [0.25, 0.3) is 0 Å². The van der Waals surface area contributed by atoms with Gasteiger partial charge in [-0.25, -0.2) is 0 Å². The Morgan fingerprint density at radius 2 is 1.79 bits per heavy atom. The van der Waals surface area contributed by atoms with Gasteiger partial charge in [0.15, 0.2) is 0 Å². The van der Waals surface area contributed by atoms with Gasteiger partial charge in [0.05, 0.1) is 0 Å². The number of carbonyl (C=O) groups excluding carboxylic acids is 1. The van der Waals surface area contributed by atoms with E-state index in [-0.39, 0.29) is 18.4 Å². The van der Waals surface area contributed by atoms with Crippen LogP contribution in [0.1, 0.15) is 51.4 Å². The topological polar surface area (TPSA) is 55.1 Å². The summed E-state index contributed by atoms with van der Waals surface area (Å²) >= 11 is 0.